The van der Waals surface area contributed by atoms with Crippen molar-refractivity contribution in [3.63, 3.8) is 0 Å². The number of nitrogens with one attached hydrogen (secondary N) is 1. The molecule has 84 valence electrons. The first-order valence-corrected chi connectivity index (χ1v) is 5.60. The zero-order valence-electron chi connectivity index (χ0n) is 9.28. The molecule has 4 heteroatoms. The molecule has 0 amide bonds. The van der Waals surface area contributed by atoms with E-state index in [0.717, 1.165) is 24.6 Å². The maximum absolute atomic E-state index is 5.61. The molecule has 0 saturated carbocycles. The van der Waals surface area contributed by atoms with Crippen LogP contribution in [0, 0.1) is 5.92 Å². The summed E-state index contributed by atoms with van der Waals surface area (Å²) >= 11 is 0. The van der Waals surface area contributed by atoms with E-state index in [1.54, 1.807) is 4.68 Å². The van der Waals surface area contributed by atoms with E-state index >= 15 is 0 Å². The Hall–Kier alpha value is -0.870. The normalized spacial score (nSPS) is 21.0. The lowest BCUT2D eigenvalue weighted by atomic mass is 10.1. The van der Waals surface area contributed by atoms with Gasteiger partial charge in [-0.3, -0.25) is 4.68 Å². The van der Waals surface area contributed by atoms with E-state index in [1.807, 2.05) is 19.4 Å². The molecule has 1 aromatic heterocycles. The molecule has 1 atom stereocenters. The summed E-state index contributed by atoms with van der Waals surface area (Å²) in [5.41, 5.74) is 1.15. The molecule has 1 N–H and O–H groups in total. The fraction of sp³-hybridized carbons (Fsp3) is 0.727. The van der Waals surface area contributed by atoms with Crippen LogP contribution in [0.3, 0.4) is 0 Å². The van der Waals surface area contributed by atoms with Crippen molar-refractivity contribution in [3.05, 3.63) is 18.0 Å². The summed E-state index contributed by atoms with van der Waals surface area (Å²) in [6, 6.07) is 0. The van der Waals surface area contributed by atoms with Gasteiger partial charge < -0.3 is 10.1 Å². The van der Waals surface area contributed by atoms with Gasteiger partial charge in [0.05, 0.1) is 12.8 Å². The largest absolute Gasteiger partial charge is 0.377 e. The van der Waals surface area contributed by atoms with Crippen molar-refractivity contribution in [1.29, 1.82) is 0 Å². The fourth-order valence-electron chi connectivity index (χ4n) is 1.95. The number of rotatable bonds is 5. The molecule has 1 fully saturated rings. The average Bonchev–Trinajstić information content (AvgIpc) is 2.84. The molecule has 1 unspecified atom stereocenters. The van der Waals surface area contributed by atoms with Gasteiger partial charge in [0.25, 0.3) is 0 Å². The number of aryl methyl sites for hydroxylation is 1. The second-order valence-electron chi connectivity index (χ2n) is 4.22. The Kier molecular flexibility index (Phi) is 3.75. The number of hydrogen-bond acceptors (Lipinski definition) is 3. The Morgan fingerprint density at radius 3 is 3.27 bits per heavy atom. The lowest BCUT2D eigenvalue weighted by Crippen LogP contribution is -2.10. The van der Waals surface area contributed by atoms with Crippen molar-refractivity contribution in [3.8, 4) is 0 Å². The quantitative estimate of drug-likeness (QED) is 0.733. The van der Waals surface area contributed by atoms with Crippen LogP contribution in [-0.4, -0.2) is 29.5 Å². The second kappa shape index (κ2) is 5.28. The lowest BCUT2D eigenvalue weighted by molar-refractivity contribution is 0.109. The molecule has 0 radical (unpaired) electrons. The summed E-state index contributed by atoms with van der Waals surface area (Å²) in [5.74, 6) is 0.818. The van der Waals surface area contributed by atoms with Crippen LogP contribution in [0.25, 0.3) is 0 Å². The predicted octanol–water partition coefficient (Wildman–Crippen LogP) is 0.936. The fourth-order valence-corrected chi connectivity index (χ4v) is 1.95. The van der Waals surface area contributed by atoms with E-state index in [4.69, 9.17) is 4.74 Å². The van der Waals surface area contributed by atoms with Crippen molar-refractivity contribution in [1.82, 2.24) is 15.1 Å². The van der Waals surface area contributed by atoms with Crippen LogP contribution < -0.4 is 5.32 Å². The van der Waals surface area contributed by atoms with Gasteiger partial charge in [-0.2, -0.15) is 5.10 Å². The third kappa shape index (κ3) is 3.32. The summed E-state index contributed by atoms with van der Waals surface area (Å²) in [6.45, 7) is 3.89. The van der Waals surface area contributed by atoms with Gasteiger partial charge in [-0.25, -0.2) is 0 Å². The number of aromatic nitrogens is 2. The predicted molar refractivity (Wildman–Crippen MR) is 58.5 cm³/mol. The van der Waals surface area contributed by atoms with Gasteiger partial charge in [-0.15, -0.1) is 0 Å². The van der Waals surface area contributed by atoms with E-state index in [1.165, 1.54) is 19.4 Å². The summed E-state index contributed by atoms with van der Waals surface area (Å²) < 4.78 is 7.42. The van der Waals surface area contributed by atoms with Crippen LogP contribution in [0.15, 0.2) is 12.4 Å². The minimum atomic E-state index is 0.688. The summed E-state index contributed by atoms with van der Waals surface area (Å²) in [5, 5.41) is 7.46. The SMILES string of the molecule is Cn1cc(COCCC2CCNC2)cn1. The lowest BCUT2D eigenvalue weighted by Gasteiger charge is -2.07. The summed E-state index contributed by atoms with van der Waals surface area (Å²) in [4.78, 5) is 0. The van der Waals surface area contributed by atoms with Crippen molar-refractivity contribution in [2.24, 2.45) is 13.0 Å². The van der Waals surface area contributed by atoms with Gasteiger partial charge in [0.1, 0.15) is 0 Å². The van der Waals surface area contributed by atoms with Crippen LogP contribution >= 0.6 is 0 Å². The first-order chi connectivity index (χ1) is 7.34. The highest BCUT2D eigenvalue weighted by atomic mass is 16.5. The molecule has 4 nitrogen and oxygen atoms in total. The standard InChI is InChI=1S/C11H19N3O/c1-14-8-11(7-13-14)9-15-5-3-10-2-4-12-6-10/h7-8,10,12H,2-6,9H2,1H3. The Balaban J connectivity index is 1.58. The van der Waals surface area contributed by atoms with Gasteiger partial charge in [0.15, 0.2) is 0 Å². The zero-order valence-corrected chi connectivity index (χ0v) is 9.28. The Bertz CT molecular complexity index is 292. The molecule has 0 aromatic carbocycles. The molecule has 1 saturated heterocycles. The molecule has 1 aliphatic heterocycles. The van der Waals surface area contributed by atoms with Gasteiger partial charge in [0, 0.05) is 25.4 Å². The first-order valence-electron chi connectivity index (χ1n) is 5.60. The number of ether oxygens (including phenoxy) is 1. The monoisotopic (exact) mass is 209 g/mol. The van der Waals surface area contributed by atoms with E-state index in [9.17, 15) is 0 Å². The van der Waals surface area contributed by atoms with Crippen LogP contribution in [0.4, 0.5) is 0 Å². The molecule has 2 heterocycles. The Morgan fingerprint density at radius 1 is 1.67 bits per heavy atom. The molecule has 0 bridgehead atoms. The second-order valence-corrected chi connectivity index (χ2v) is 4.22. The van der Waals surface area contributed by atoms with E-state index in [-0.39, 0.29) is 0 Å². The molecular weight excluding hydrogens is 190 g/mol. The van der Waals surface area contributed by atoms with E-state index < -0.39 is 0 Å². The maximum Gasteiger partial charge on any atom is 0.0747 e. The average molecular weight is 209 g/mol. The van der Waals surface area contributed by atoms with Crippen LogP contribution in [0.1, 0.15) is 18.4 Å². The van der Waals surface area contributed by atoms with Crippen molar-refractivity contribution in [2.45, 2.75) is 19.4 Å². The highest BCUT2D eigenvalue weighted by molar-refractivity contribution is 5.01. The molecule has 0 spiro atoms. The zero-order chi connectivity index (χ0) is 10.5. The van der Waals surface area contributed by atoms with Gasteiger partial charge >= 0.3 is 0 Å². The van der Waals surface area contributed by atoms with Crippen molar-refractivity contribution < 1.29 is 4.74 Å². The van der Waals surface area contributed by atoms with Crippen molar-refractivity contribution >= 4 is 0 Å². The minimum Gasteiger partial charge on any atom is -0.377 e. The number of hydrogen-bond donors (Lipinski definition) is 1. The smallest absolute Gasteiger partial charge is 0.0747 e. The minimum absolute atomic E-state index is 0.688. The molecule has 15 heavy (non-hydrogen) atoms. The van der Waals surface area contributed by atoms with Gasteiger partial charge in [-0.1, -0.05) is 0 Å². The highest BCUT2D eigenvalue weighted by Gasteiger charge is 2.13. The van der Waals surface area contributed by atoms with E-state index in [0.29, 0.717) is 6.61 Å². The third-order valence-electron chi connectivity index (χ3n) is 2.86. The van der Waals surface area contributed by atoms with Crippen molar-refractivity contribution in [2.75, 3.05) is 19.7 Å². The summed E-state index contributed by atoms with van der Waals surface area (Å²) in [6.07, 6.45) is 6.33. The van der Waals surface area contributed by atoms with E-state index in [2.05, 4.69) is 10.4 Å². The van der Waals surface area contributed by atoms with Gasteiger partial charge in [-0.05, 0) is 31.8 Å². The molecule has 1 aliphatic rings. The summed E-state index contributed by atoms with van der Waals surface area (Å²) in [7, 11) is 1.92. The first kappa shape index (κ1) is 10.6. The highest BCUT2D eigenvalue weighted by Crippen LogP contribution is 2.12. The van der Waals surface area contributed by atoms with Crippen LogP contribution in [0.2, 0.25) is 0 Å². The Labute approximate surface area is 90.6 Å². The molecular formula is C11H19N3O. The van der Waals surface area contributed by atoms with Crippen LogP contribution in [0.5, 0.6) is 0 Å². The molecule has 2 rings (SSSR count). The Morgan fingerprint density at radius 2 is 2.60 bits per heavy atom. The third-order valence-corrected chi connectivity index (χ3v) is 2.86. The topological polar surface area (TPSA) is 39.1 Å². The maximum atomic E-state index is 5.61. The molecule has 0 aliphatic carbocycles. The van der Waals surface area contributed by atoms with Gasteiger partial charge in [0.2, 0.25) is 0 Å². The van der Waals surface area contributed by atoms with Crippen LogP contribution in [-0.2, 0) is 18.4 Å². The molecule has 1 aromatic rings. The number of nitrogens with zero attached hydrogens (tertiary/aromatic N) is 2.